The van der Waals surface area contributed by atoms with Crippen LogP contribution in [0.1, 0.15) is 104 Å². The number of benzene rings is 1. The molecule has 1 N–H and O–H groups in total. The topological polar surface area (TPSA) is 171 Å². The van der Waals surface area contributed by atoms with Crippen molar-refractivity contribution in [3.8, 4) is 11.5 Å². The molecule has 0 fully saturated rings. The van der Waals surface area contributed by atoms with Gasteiger partial charge in [-0.25, -0.2) is 0 Å². The number of ether oxygens (including phenoxy) is 6. The van der Waals surface area contributed by atoms with Crippen molar-refractivity contribution in [2.45, 2.75) is 138 Å². The lowest BCUT2D eigenvalue weighted by Crippen LogP contribution is -2.54. The first-order valence-corrected chi connectivity index (χ1v) is 19.0. The Morgan fingerprint density at radius 2 is 0.804 bits per heavy atom. The maximum Gasteiger partial charge on any atom is 0.320 e. The number of phenolic OH excluding ortho intramolecular Hbond substituents is 1. The minimum atomic E-state index is -0.818. The molecule has 0 aliphatic heterocycles. The summed E-state index contributed by atoms with van der Waals surface area (Å²) in [5.41, 5.74) is -3.98. The van der Waals surface area contributed by atoms with Crippen molar-refractivity contribution in [3.63, 3.8) is 0 Å². The molecule has 0 saturated heterocycles. The predicted octanol–water partition coefficient (Wildman–Crippen LogP) is 4.75. The molecule has 1 atom stereocenters. The van der Waals surface area contributed by atoms with Crippen molar-refractivity contribution >= 4 is 29.8 Å². The third-order valence-electron chi connectivity index (χ3n) is 6.82. The van der Waals surface area contributed by atoms with Gasteiger partial charge in [0.1, 0.15) is 46.1 Å². The van der Waals surface area contributed by atoms with Gasteiger partial charge in [0, 0.05) is 19.6 Å². The van der Waals surface area contributed by atoms with Crippen LogP contribution < -0.4 is 4.74 Å². The fourth-order valence-electron chi connectivity index (χ4n) is 5.10. The normalized spacial score (nSPS) is 13.3. The summed E-state index contributed by atoms with van der Waals surface area (Å²) in [5, 5.41) is 9.83. The fraction of sp³-hybridized carbons (Fsp3) is 0.732. The second-order valence-corrected chi connectivity index (χ2v) is 18.7. The van der Waals surface area contributed by atoms with Gasteiger partial charge in [-0.1, -0.05) is 0 Å². The highest BCUT2D eigenvalue weighted by atomic mass is 16.6. The highest BCUT2D eigenvalue weighted by molar-refractivity contribution is 5.76. The highest BCUT2D eigenvalue weighted by Gasteiger charge is 2.32. The van der Waals surface area contributed by atoms with E-state index in [1.54, 1.807) is 131 Å². The molecule has 0 amide bonds. The minimum Gasteiger partial charge on any atom is -0.508 e. The Bertz CT molecular complexity index is 1370. The molecule has 0 saturated carbocycles. The summed E-state index contributed by atoms with van der Waals surface area (Å²) >= 11 is 0. The number of hydrogen-bond acceptors (Lipinski definition) is 15. The van der Waals surface area contributed by atoms with Gasteiger partial charge in [-0.05, 0) is 128 Å². The van der Waals surface area contributed by atoms with E-state index in [2.05, 4.69) is 0 Å². The fourth-order valence-corrected chi connectivity index (χ4v) is 5.10. The molecule has 0 bridgehead atoms. The number of esters is 5. The van der Waals surface area contributed by atoms with Gasteiger partial charge >= 0.3 is 29.8 Å². The largest absolute Gasteiger partial charge is 0.508 e. The summed E-state index contributed by atoms with van der Waals surface area (Å²) in [4.78, 5) is 70.9. The number of carbonyl (C=O) groups excluding carboxylic acids is 5. The molecule has 0 unspecified atom stereocenters. The van der Waals surface area contributed by atoms with Gasteiger partial charge < -0.3 is 33.5 Å². The predicted molar refractivity (Wildman–Crippen MR) is 211 cm³/mol. The number of phenols is 1. The summed E-state index contributed by atoms with van der Waals surface area (Å²) in [6.45, 7) is 24.9. The van der Waals surface area contributed by atoms with Gasteiger partial charge in [0.15, 0.2) is 0 Å². The van der Waals surface area contributed by atoms with Crippen LogP contribution in [0, 0.1) is 0 Å². The number of rotatable bonds is 19. The summed E-state index contributed by atoms with van der Waals surface area (Å²) < 4.78 is 34.2. The molecule has 1 aromatic rings. The van der Waals surface area contributed by atoms with E-state index in [1.807, 2.05) is 0 Å². The van der Waals surface area contributed by atoms with E-state index in [9.17, 15) is 29.1 Å². The van der Waals surface area contributed by atoms with E-state index in [-0.39, 0.29) is 64.7 Å². The van der Waals surface area contributed by atoms with Gasteiger partial charge in [-0.3, -0.25) is 38.7 Å². The van der Waals surface area contributed by atoms with Gasteiger partial charge in [0.2, 0.25) is 0 Å². The molecular weight excluding hydrogens is 726 g/mol. The average Bonchev–Trinajstić information content (AvgIpc) is 2.93. The van der Waals surface area contributed by atoms with Gasteiger partial charge in [0.05, 0.1) is 38.8 Å². The van der Waals surface area contributed by atoms with E-state index >= 15 is 0 Å². The first-order valence-electron chi connectivity index (χ1n) is 19.0. The van der Waals surface area contributed by atoms with Crippen LogP contribution in [-0.2, 0) is 47.7 Å². The summed E-state index contributed by atoms with van der Waals surface area (Å²) in [6, 6.07) is 5.31. The third-order valence-corrected chi connectivity index (χ3v) is 6.82. The zero-order chi connectivity index (χ0) is 43.3. The lowest BCUT2D eigenvalue weighted by molar-refractivity contribution is -0.163. The van der Waals surface area contributed by atoms with Crippen molar-refractivity contribution < 1.29 is 57.5 Å². The van der Waals surface area contributed by atoms with Crippen LogP contribution in [0.2, 0.25) is 0 Å². The standard InChI is InChI=1S/C41H69N3O12/c1-37(2,3)52-32(46)23-42(20-21-43(24-33(47)53-38(4,5)6)25-34(48)54-39(7,8)9)22-29(28-51-31-18-16-30(45)17-19-31)44(26-35(49)55-40(10,11)12)27-36(50)56-41(13,14)15/h16-19,29,45H,20-28H2,1-15H3/t29-/m1/s1. The molecule has 1 rings (SSSR count). The number of aromatic hydroxyl groups is 1. The number of carbonyl (C=O) groups is 5. The quantitative estimate of drug-likeness (QED) is 0.150. The van der Waals surface area contributed by atoms with Crippen molar-refractivity contribution in [2.24, 2.45) is 0 Å². The average molecular weight is 796 g/mol. The van der Waals surface area contributed by atoms with Crippen molar-refractivity contribution in [1.82, 2.24) is 14.7 Å². The van der Waals surface area contributed by atoms with Gasteiger partial charge in [0.25, 0.3) is 0 Å². The molecule has 1 aromatic carbocycles. The Morgan fingerprint density at radius 1 is 0.500 bits per heavy atom. The van der Waals surface area contributed by atoms with E-state index in [0.717, 1.165) is 0 Å². The van der Waals surface area contributed by atoms with E-state index in [0.29, 0.717) is 5.75 Å². The summed E-state index contributed by atoms with van der Waals surface area (Å²) in [6.07, 6.45) is 0. The lowest BCUT2D eigenvalue weighted by atomic mass is 10.2. The maximum absolute atomic E-state index is 13.4. The Kier molecular flexibility index (Phi) is 18.8. The van der Waals surface area contributed by atoms with Crippen LogP contribution in [0.5, 0.6) is 11.5 Å². The van der Waals surface area contributed by atoms with Crippen LogP contribution in [0.25, 0.3) is 0 Å². The zero-order valence-electron chi connectivity index (χ0n) is 36.5. The number of hydrogen-bond donors (Lipinski definition) is 1. The van der Waals surface area contributed by atoms with Gasteiger partial charge in [-0.15, -0.1) is 0 Å². The second kappa shape index (κ2) is 21.0. The molecular formula is C41H69N3O12. The molecule has 0 aromatic heterocycles. The van der Waals surface area contributed by atoms with Gasteiger partial charge in [-0.2, -0.15) is 0 Å². The zero-order valence-corrected chi connectivity index (χ0v) is 36.5. The van der Waals surface area contributed by atoms with Crippen LogP contribution in [-0.4, -0.2) is 143 Å². The first kappa shape index (κ1) is 50.1. The summed E-state index contributed by atoms with van der Waals surface area (Å²) in [7, 11) is 0. The molecule has 56 heavy (non-hydrogen) atoms. The smallest absolute Gasteiger partial charge is 0.320 e. The van der Waals surface area contributed by atoms with Crippen molar-refractivity contribution in [3.05, 3.63) is 24.3 Å². The summed E-state index contributed by atoms with van der Waals surface area (Å²) in [5.74, 6) is -2.42. The second-order valence-electron chi connectivity index (χ2n) is 18.7. The molecule has 320 valence electrons. The van der Waals surface area contributed by atoms with Crippen LogP contribution in [0.4, 0.5) is 0 Å². The SMILES string of the molecule is CC(C)(C)OC(=O)CN(CCN(CC(=O)OC(C)(C)C)C[C@H](COc1ccc(O)cc1)N(CC(=O)OC(C)(C)C)CC(=O)OC(C)(C)C)CC(=O)OC(C)(C)C. The Morgan fingerprint density at radius 3 is 1.14 bits per heavy atom. The molecule has 0 spiro atoms. The third kappa shape index (κ3) is 25.3. The van der Waals surface area contributed by atoms with Crippen molar-refractivity contribution in [1.29, 1.82) is 0 Å². The van der Waals surface area contributed by atoms with E-state index in [4.69, 9.17) is 28.4 Å². The molecule has 0 aliphatic carbocycles. The van der Waals surface area contributed by atoms with Crippen LogP contribution in [0.3, 0.4) is 0 Å². The number of nitrogens with zero attached hydrogens (tertiary/aromatic N) is 3. The van der Waals surface area contributed by atoms with Crippen molar-refractivity contribution in [2.75, 3.05) is 59.0 Å². The monoisotopic (exact) mass is 795 g/mol. The molecule has 15 nitrogen and oxygen atoms in total. The van der Waals surface area contributed by atoms with E-state index < -0.39 is 63.9 Å². The molecule has 0 aliphatic rings. The van der Waals surface area contributed by atoms with Crippen LogP contribution in [0.15, 0.2) is 24.3 Å². The Labute approximate surface area is 334 Å². The molecule has 0 radical (unpaired) electrons. The van der Waals surface area contributed by atoms with E-state index in [1.165, 1.54) is 12.1 Å². The molecule has 0 heterocycles. The maximum atomic E-state index is 13.4. The van der Waals surface area contributed by atoms with Crippen LogP contribution >= 0.6 is 0 Å². The lowest BCUT2D eigenvalue weighted by Gasteiger charge is -2.36. The Balaban J connectivity index is 3.69. The Hall–Kier alpha value is -3.95. The molecule has 15 heteroatoms. The highest BCUT2D eigenvalue weighted by Crippen LogP contribution is 2.19. The first-order chi connectivity index (χ1) is 25.3. The minimum absolute atomic E-state index is 0.0373.